The van der Waals surface area contributed by atoms with Crippen molar-refractivity contribution in [3.8, 4) is 5.75 Å². The van der Waals surface area contributed by atoms with Crippen LogP contribution in [0.5, 0.6) is 5.75 Å². The zero-order chi connectivity index (χ0) is 20.5. The third-order valence-electron chi connectivity index (χ3n) is 5.49. The van der Waals surface area contributed by atoms with E-state index in [4.69, 9.17) is 9.73 Å². The van der Waals surface area contributed by atoms with Crippen LogP contribution in [0.4, 0.5) is 0 Å². The minimum atomic E-state index is 0.161. The maximum atomic E-state index is 5.57. The van der Waals surface area contributed by atoms with E-state index in [-0.39, 0.29) is 6.04 Å². The van der Waals surface area contributed by atoms with Crippen LogP contribution in [0, 0.1) is 0 Å². The third kappa shape index (κ3) is 6.38. The molecule has 1 fully saturated rings. The molecule has 1 atom stereocenters. The van der Waals surface area contributed by atoms with Crippen LogP contribution in [0.1, 0.15) is 45.2 Å². The summed E-state index contributed by atoms with van der Waals surface area (Å²) < 4.78 is 5.57. The highest BCUT2D eigenvalue weighted by molar-refractivity contribution is 5.80. The minimum absolute atomic E-state index is 0.161. The molecule has 6 nitrogen and oxygen atoms in total. The van der Waals surface area contributed by atoms with E-state index >= 15 is 0 Å². The standard InChI is InChI=1S/C22H39N5O/c1-7-23-22(25-18-12-14-27(15-13-18)17(2)3)24-16-20(26(4)5)19-10-8-9-11-21(19)28-6/h8-11,17-18,20H,7,12-16H2,1-6H3,(H2,23,24,25). The average molecular weight is 390 g/mol. The highest BCUT2D eigenvalue weighted by Crippen LogP contribution is 2.28. The Morgan fingerprint density at radius 1 is 1.25 bits per heavy atom. The molecule has 158 valence electrons. The van der Waals surface area contributed by atoms with Crippen molar-refractivity contribution in [2.75, 3.05) is 47.4 Å². The van der Waals surface area contributed by atoms with E-state index in [2.05, 4.69) is 67.4 Å². The van der Waals surface area contributed by atoms with Crippen molar-refractivity contribution in [2.24, 2.45) is 4.99 Å². The van der Waals surface area contributed by atoms with Crippen LogP contribution in [0.3, 0.4) is 0 Å². The number of nitrogens with zero attached hydrogens (tertiary/aromatic N) is 3. The van der Waals surface area contributed by atoms with Gasteiger partial charge in [0.25, 0.3) is 0 Å². The minimum Gasteiger partial charge on any atom is -0.496 e. The summed E-state index contributed by atoms with van der Waals surface area (Å²) in [5, 5.41) is 7.07. The van der Waals surface area contributed by atoms with E-state index in [1.807, 2.05) is 12.1 Å². The maximum absolute atomic E-state index is 5.57. The second-order valence-corrected chi connectivity index (χ2v) is 7.99. The Kier molecular flexibility index (Phi) is 9.06. The van der Waals surface area contributed by atoms with E-state index in [0.717, 1.165) is 44.2 Å². The molecule has 0 aromatic heterocycles. The summed E-state index contributed by atoms with van der Waals surface area (Å²) in [6, 6.07) is 9.48. The number of para-hydroxylation sites is 1. The van der Waals surface area contributed by atoms with Crippen LogP contribution < -0.4 is 15.4 Å². The summed E-state index contributed by atoms with van der Waals surface area (Å²) in [6.45, 7) is 10.5. The Labute approximate surface area is 171 Å². The predicted molar refractivity (Wildman–Crippen MR) is 118 cm³/mol. The van der Waals surface area contributed by atoms with Crippen molar-refractivity contribution in [2.45, 2.75) is 51.7 Å². The van der Waals surface area contributed by atoms with Gasteiger partial charge in [-0.15, -0.1) is 0 Å². The maximum Gasteiger partial charge on any atom is 0.191 e. The Hall–Kier alpha value is -1.79. The normalized spacial score (nSPS) is 17.8. The molecule has 2 N–H and O–H groups in total. The van der Waals surface area contributed by atoms with E-state index in [0.29, 0.717) is 18.6 Å². The Balaban J connectivity index is 2.05. The molecule has 1 aliphatic rings. The number of piperidine rings is 1. The van der Waals surface area contributed by atoms with Gasteiger partial charge in [0, 0.05) is 37.3 Å². The number of methoxy groups -OCH3 is 1. The van der Waals surface area contributed by atoms with Gasteiger partial charge in [0.15, 0.2) is 5.96 Å². The Bertz CT molecular complexity index is 609. The predicted octanol–water partition coefficient (Wildman–Crippen LogP) is 2.73. The zero-order valence-corrected chi connectivity index (χ0v) is 18.5. The van der Waals surface area contributed by atoms with Crippen molar-refractivity contribution in [3.63, 3.8) is 0 Å². The third-order valence-corrected chi connectivity index (χ3v) is 5.49. The first kappa shape index (κ1) is 22.5. The molecule has 1 unspecified atom stereocenters. The number of guanidine groups is 1. The summed E-state index contributed by atoms with van der Waals surface area (Å²) in [5.41, 5.74) is 1.17. The topological polar surface area (TPSA) is 52.1 Å². The molecule has 0 bridgehead atoms. The molecule has 1 heterocycles. The second kappa shape index (κ2) is 11.3. The van der Waals surface area contributed by atoms with Crippen LogP contribution in [0.25, 0.3) is 0 Å². The number of likely N-dealkylation sites (tertiary alicyclic amines) is 1. The van der Waals surface area contributed by atoms with Crippen molar-refractivity contribution >= 4 is 5.96 Å². The highest BCUT2D eigenvalue weighted by Gasteiger charge is 2.22. The molecular formula is C22H39N5O. The monoisotopic (exact) mass is 389 g/mol. The molecule has 0 amide bonds. The van der Waals surface area contributed by atoms with Crippen LogP contribution in [-0.2, 0) is 0 Å². The van der Waals surface area contributed by atoms with Gasteiger partial charge in [-0.2, -0.15) is 0 Å². The van der Waals surface area contributed by atoms with E-state index < -0.39 is 0 Å². The van der Waals surface area contributed by atoms with Crippen molar-refractivity contribution in [1.82, 2.24) is 20.4 Å². The quantitative estimate of drug-likeness (QED) is 0.529. The molecule has 2 rings (SSSR count). The lowest BCUT2D eigenvalue weighted by Gasteiger charge is -2.35. The fourth-order valence-electron chi connectivity index (χ4n) is 3.73. The van der Waals surface area contributed by atoms with Crippen LogP contribution in [0.15, 0.2) is 29.3 Å². The molecule has 0 spiro atoms. The van der Waals surface area contributed by atoms with Crippen molar-refractivity contribution < 1.29 is 4.74 Å². The zero-order valence-electron chi connectivity index (χ0n) is 18.5. The summed E-state index contributed by atoms with van der Waals surface area (Å²) in [5.74, 6) is 1.82. The van der Waals surface area contributed by atoms with Gasteiger partial charge in [0.1, 0.15) is 5.75 Å². The number of hydrogen-bond acceptors (Lipinski definition) is 4. The van der Waals surface area contributed by atoms with Crippen molar-refractivity contribution in [1.29, 1.82) is 0 Å². The van der Waals surface area contributed by atoms with Gasteiger partial charge in [-0.25, -0.2) is 0 Å². The molecular weight excluding hydrogens is 350 g/mol. The first-order valence-electron chi connectivity index (χ1n) is 10.5. The molecule has 0 radical (unpaired) electrons. The van der Waals surface area contributed by atoms with E-state index in [9.17, 15) is 0 Å². The summed E-state index contributed by atoms with van der Waals surface area (Å²) in [7, 11) is 5.91. The first-order valence-corrected chi connectivity index (χ1v) is 10.5. The number of hydrogen-bond donors (Lipinski definition) is 2. The fourth-order valence-corrected chi connectivity index (χ4v) is 3.73. The molecule has 1 aliphatic heterocycles. The average Bonchev–Trinajstić information content (AvgIpc) is 2.68. The molecule has 0 aliphatic carbocycles. The number of rotatable bonds is 8. The molecule has 0 saturated carbocycles. The van der Waals surface area contributed by atoms with Gasteiger partial charge in [-0.1, -0.05) is 18.2 Å². The highest BCUT2D eigenvalue weighted by atomic mass is 16.5. The van der Waals surface area contributed by atoms with E-state index in [1.54, 1.807) is 7.11 Å². The summed E-state index contributed by atoms with van der Waals surface area (Å²) >= 11 is 0. The number of nitrogens with one attached hydrogen (secondary N) is 2. The lowest BCUT2D eigenvalue weighted by atomic mass is 10.0. The van der Waals surface area contributed by atoms with Gasteiger partial charge in [0.2, 0.25) is 0 Å². The number of benzene rings is 1. The number of ether oxygens (including phenoxy) is 1. The Morgan fingerprint density at radius 3 is 2.50 bits per heavy atom. The van der Waals surface area contributed by atoms with Crippen LogP contribution >= 0.6 is 0 Å². The number of aliphatic imine (C=N–C) groups is 1. The van der Waals surface area contributed by atoms with Crippen LogP contribution in [-0.4, -0.2) is 75.2 Å². The van der Waals surface area contributed by atoms with E-state index in [1.165, 1.54) is 5.56 Å². The molecule has 1 saturated heterocycles. The Morgan fingerprint density at radius 2 is 1.93 bits per heavy atom. The van der Waals surface area contributed by atoms with Crippen molar-refractivity contribution in [3.05, 3.63) is 29.8 Å². The summed E-state index contributed by atoms with van der Waals surface area (Å²) in [6.07, 6.45) is 2.32. The molecule has 1 aromatic carbocycles. The van der Waals surface area contributed by atoms with Crippen LogP contribution in [0.2, 0.25) is 0 Å². The lowest BCUT2D eigenvalue weighted by molar-refractivity contribution is 0.167. The molecule has 1 aromatic rings. The van der Waals surface area contributed by atoms with Gasteiger partial charge < -0.3 is 25.2 Å². The summed E-state index contributed by atoms with van der Waals surface area (Å²) in [4.78, 5) is 9.67. The smallest absolute Gasteiger partial charge is 0.191 e. The molecule has 6 heteroatoms. The number of likely N-dealkylation sites (N-methyl/N-ethyl adjacent to an activating group) is 1. The van der Waals surface area contributed by atoms with Gasteiger partial charge in [0.05, 0.1) is 19.7 Å². The van der Waals surface area contributed by atoms with Gasteiger partial charge in [-0.3, -0.25) is 4.99 Å². The largest absolute Gasteiger partial charge is 0.496 e. The van der Waals surface area contributed by atoms with Gasteiger partial charge >= 0.3 is 0 Å². The molecule has 28 heavy (non-hydrogen) atoms. The second-order valence-electron chi connectivity index (χ2n) is 7.99. The lowest BCUT2D eigenvalue weighted by Crippen LogP contribution is -2.50. The SMILES string of the molecule is CCNC(=NCC(c1ccccc1OC)N(C)C)NC1CCN(C(C)C)CC1. The van der Waals surface area contributed by atoms with Gasteiger partial charge in [-0.05, 0) is 53.8 Å². The fraction of sp³-hybridized carbons (Fsp3) is 0.682. The first-order chi connectivity index (χ1) is 13.5.